The topological polar surface area (TPSA) is 29.1 Å². The molecule has 0 aromatic heterocycles. The van der Waals surface area contributed by atoms with Crippen molar-refractivity contribution in [2.24, 2.45) is 5.92 Å². The number of benzene rings is 1. The van der Waals surface area contributed by atoms with Crippen molar-refractivity contribution in [3.63, 3.8) is 0 Å². The molecule has 1 aromatic rings. The first kappa shape index (κ1) is 15.0. The molecule has 1 rings (SSSR count). The van der Waals surface area contributed by atoms with Crippen molar-refractivity contribution >= 4 is 17.5 Å². The van der Waals surface area contributed by atoms with E-state index in [0.717, 1.165) is 6.42 Å². The van der Waals surface area contributed by atoms with Gasteiger partial charge in [-0.05, 0) is 37.3 Å². The molecule has 1 N–H and O–H groups in total. The zero-order valence-corrected chi connectivity index (χ0v) is 12.1. The maximum atomic E-state index is 11.8. The fourth-order valence-corrected chi connectivity index (χ4v) is 2.01. The third kappa shape index (κ3) is 4.69. The van der Waals surface area contributed by atoms with Crippen LogP contribution in [0.1, 0.15) is 31.4 Å². The van der Waals surface area contributed by atoms with Crippen LogP contribution in [0.5, 0.6) is 0 Å². The summed E-state index contributed by atoms with van der Waals surface area (Å²) in [6.45, 7) is 6.11. The lowest BCUT2D eigenvalue weighted by atomic mass is 10.0. The number of halogens is 1. The first-order valence-corrected chi connectivity index (χ1v) is 6.98. The molecule has 2 atom stereocenters. The summed E-state index contributed by atoms with van der Waals surface area (Å²) in [5, 5.41) is 3.00. The number of hydrogen-bond donors (Lipinski definition) is 1. The maximum absolute atomic E-state index is 11.8. The van der Waals surface area contributed by atoms with Gasteiger partial charge in [-0.25, -0.2) is 0 Å². The van der Waals surface area contributed by atoms with E-state index in [0.29, 0.717) is 18.2 Å². The van der Waals surface area contributed by atoms with E-state index < -0.39 is 0 Å². The summed E-state index contributed by atoms with van der Waals surface area (Å²) in [6.07, 6.45) is 1.32. The van der Waals surface area contributed by atoms with Crippen LogP contribution in [0, 0.1) is 12.8 Å². The maximum Gasteiger partial charge on any atom is 0.220 e. The Morgan fingerprint density at radius 3 is 2.61 bits per heavy atom. The average molecular weight is 268 g/mol. The van der Waals surface area contributed by atoms with E-state index in [2.05, 4.69) is 24.4 Å². The second-order valence-corrected chi connectivity index (χ2v) is 5.22. The highest BCUT2D eigenvalue weighted by molar-refractivity contribution is 6.18. The molecule has 0 fully saturated rings. The van der Waals surface area contributed by atoms with Gasteiger partial charge in [-0.1, -0.05) is 31.2 Å². The van der Waals surface area contributed by atoms with Crippen LogP contribution in [0.25, 0.3) is 0 Å². The Bertz CT molecular complexity index is 392. The van der Waals surface area contributed by atoms with Crippen LogP contribution in [0.2, 0.25) is 0 Å². The predicted octanol–water partition coefficient (Wildman–Crippen LogP) is 3.31. The first-order chi connectivity index (χ1) is 8.54. The molecule has 1 aromatic carbocycles. The van der Waals surface area contributed by atoms with Gasteiger partial charge in [-0.3, -0.25) is 4.79 Å². The second kappa shape index (κ2) is 7.42. The fourth-order valence-electron chi connectivity index (χ4n) is 1.74. The number of carbonyl (C=O) groups is 1. The zero-order chi connectivity index (χ0) is 13.5. The van der Waals surface area contributed by atoms with Crippen LogP contribution in [-0.2, 0) is 11.2 Å². The summed E-state index contributed by atoms with van der Waals surface area (Å²) in [6, 6.07) is 8.31. The van der Waals surface area contributed by atoms with Crippen LogP contribution in [0.3, 0.4) is 0 Å². The average Bonchev–Trinajstić information content (AvgIpc) is 2.36. The monoisotopic (exact) mass is 267 g/mol. The fraction of sp³-hybridized carbons (Fsp3) is 0.533. The standard InChI is InChI=1S/C15H22ClNO/c1-11-6-4-5-7-14(11)8-9-15(18)17-13(3)12(2)10-16/h4-7,12-13H,8-10H2,1-3H3,(H,17,18). The van der Waals surface area contributed by atoms with Gasteiger partial charge in [0.2, 0.25) is 5.91 Å². The Kier molecular flexibility index (Phi) is 6.20. The zero-order valence-electron chi connectivity index (χ0n) is 11.4. The Morgan fingerprint density at radius 1 is 1.33 bits per heavy atom. The van der Waals surface area contributed by atoms with Crippen LogP contribution in [-0.4, -0.2) is 17.8 Å². The molecule has 0 aliphatic rings. The molecule has 0 spiro atoms. The van der Waals surface area contributed by atoms with E-state index in [1.807, 2.05) is 26.0 Å². The van der Waals surface area contributed by atoms with Crippen molar-refractivity contribution in [1.29, 1.82) is 0 Å². The molecule has 3 heteroatoms. The number of alkyl halides is 1. The number of aryl methyl sites for hydroxylation is 2. The summed E-state index contributed by atoms with van der Waals surface area (Å²) in [4.78, 5) is 11.8. The minimum absolute atomic E-state index is 0.0997. The molecule has 2 nitrogen and oxygen atoms in total. The first-order valence-electron chi connectivity index (χ1n) is 6.44. The van der Waals surface area contributed by atoms with Gasteiger partial charge >= 0.3 is 0 Å². The Morgan fingerprint density at radius 2 is 2.00 bits per heavy atom. The molecule has 0 bridgehead atoms. The van der Waals surface area contributed by atoms with Crippen molar-refractivity contribution in [2.75, 3.05) is 5.88 Å². The second-order valence-electron chi connectivity index (χ2n) is 4.91. The molecule has 2 unspecified atom stereocenters. The predicted molar refractivity (Wildman–Crippen MR) is 77.0 cm³/mol. The minimum atomic E-state index is 0.0997. The Balaban J connectivity index is 2.40. The Labute approximate surface area is 115 Å². The third-order valence-corrected chi connectivity index (χ3v) is 3.86. The summed E-state index contributed by atoms with van der Waals surface area (Å²) < 4.78 is 0. The van der Waals surface area contributed by atoms with Crippen LogP contribution >= 0.6 is 11.6 Å². The smallest absolute Gasteiger partial charge is 0.220 e. The van der Waals surface area contributed by atoms with Crippen molar-refractivity contribution in [3.8, 4) is 0 Å². The van der Waals surface area contributed by atoms with E-state index in [9.17, 15) is 4.79 Å². The van der Waals surface area contributed by atoms with E-state index >= 15 is 0 Å². The quantitative estimate of drug-likeness (QED) is 0.788. The third-order valence-electron chi connectivity index (χ3n) is 3.37. The molecule has 0 saturated heterocycles. The molecule has 18 heavy (non-hydrogen) atoms. The van der Waals surface area contributed by atoms with E-state index in [1.165, 1.54) is 11.1 Å². The van der Waals surface area contributed by atoms with Gasteiger partial charge in [0.1, 0.15) is 0 Å². The molecule has 1 amide bonds. The van der Waals surface area contributed by atoms with Crippen LogP contribution in [0.15, 0.2) is 24.3 Å². The molecule has 0 heterocycles. The molecule has 0 aliphatic heterocycles. The summed E-state index contributed by atoms with van der Waals surface area (Å²) >= 11 is 5.77. The van der Waals surface area contributed by atoms with Gasteiger partial charge < -0.3 is 5.32 Å². The van der Waals surface area contributed by atoms with Gasteiger partial charge in [0.25, 0.3) is 0 Å². The van der Waals surface area contributed by atoms with E-state index in [1.54, 1.807) is 0 Å². The van der Waals surface area contributed by atoms with Crippen LogP contribution in [0.4, 0.5) is 0 Å². The summed E-state index contributed by atoms with van der Waals surface area (Å²) in [5.41, 5.74) is 2.48. The molecule has 100 valence electrons. The van der Waals surface area contributed by atoms with Gasteiger partial charge in [0.15, 0.2) is 0 Å². The molecule has 0 radical (unpaired) electrons. The SMILES string of the molecule is Cc1ccccc1CCC(=O)NC(C)C(C)CCl. The number of amides is 1. The van der Waals surface area contributed by atoms with Gasteiger partial charge in [-0.2, -0.15) is 0 Å². The normalized spacial score (nSPS) is 14.0. The molecule has 0 saturated carbocycles. The van der Waals surface area contributed by atoms with E-state index in [4.69, 9.17) is 11.6 Å². The Hall–Kier alpha value is -1.02. The van der Waals surface area contributed by atoms with Crippen molar-refractivity contribution in [2.45, 2.75) is 39.7 Å². The number of carbonyl (C=O) groups excluding carboxylic acids is 1. The highest BCUT2D eigenvalue weighted by atomic mass is 35.5. The van der Waals surface area contributed by atoms with Crippen LogP contribution < -0.4 is 5.32 Å². The number of hydrogen-bond acceptors (Lipinski definition) is 1. The highest BCUT2D eigenvalue weighted by Gasteiger charge is 2.13. The van der Waals surface area contributed by atoms with Crippen molar-refractivity contribution < 1.29 is 4.79 Å². The lowest BCUT2D eigenvalue weighted by Crippen LogP contribution is -2.37. The molecule has 0 aliphatic carbocycles. The highest BCUT2D eigenvalue weighted by Crippen LogP contribution is 2.10. The summed E-state index contributed by atoms with van der Waals surface area (Å²) in [5.74, 6) is 0.969. The largest absolute Gasteiger partial charge is 0.353 e. The van der Waals surface area contributed by atoms with Gasteiger partial charge in [0, 0.05) is 18.3 Å². The number of rotatable bonds is 6. The molecular formula is C15H22ClNO. The van der Waals surface area contributed by atoms with Crippen molar-refractivity contribution in [3.05, 3.63) is 35.4 Å². The van der Waals surface area contributed by atoms with Crippen molar-refractivity contribution in [1.82, 2.24) is 5.32 Å². The van der Waals surface area contributed by atoms with Gasteiger partial charge in [-0.15, -0.1) is 11.6 Å². The lowest BCUT2D eigenvalue weighted by molar-refractivity contribution is -0.121. The van der Waals surface area contributed by atoms with Gasteiger partial charge in [0.05, 0.1) is 0 Å². The summed E-state index contributed by atoms with van der Waals surface area (Å²) in [7, 11) is 0. The van der Waals surface area contributed by atoms with E-state index in [-0.39, 0.29) is 11.9 Å². The minimum Gasteiger partial charge on any atom is -0.353 e. The lowest BCUT2D eigenvalue weighted by Gasteiger charge is -2.19. The molecular weight excluding hydrogens is 246 g/mol. The number of nitrogens with one attached hydrogen (secondary N) is 1.